The van der Waals surface area contributed by atoms with Gasteiger partial charge in [0.25, 0.3) is 0 Å². The molecular weight excluding hydrogens is 208 g/mol. The summed E-state index contributed by atoms with van der Waals surface area (Å²) in [5.74, 6) is 0.938. The first-order chi connectivity index (χ1) is 8.19. The molecule has 0 saturated heterocycles. The summed E-state index contributed by atoms with van der Waals surface area (Å²) in [7, 11) is 0. The van der Waals surface area contributed by atoms with E-state index in [4.69, 9.17) is 0 Å². The van der Waals surface area contributed by atoms with Gasteiger partial charge in [-0.1, -0.05) is 26.2 Å². The highest BCUT2D eigenvalue weighted by Crippen LogP contribution is 2.34. The van der Waals surface area contributed by atoms with E-state index in [0.717, 1.165) is 23.9 Å². The number of rotatable bonds is 5. The maximum Gasteiger partial charge on any atom is 0.0379 e. The van der Waals surface area contributed by atoms with E-state index in [1.54, 1.807) is 0 Å². The first-order valence-electron chi connectivity index (χ1n) is 6.87. The highest BCUT2D eigenvalue weighted by atomic mass is 14.9. The van der Waals surface area contributed by atoms with Crippen LogP contribution in [0.5, 0.6) is 0 Å². The Kier molecular flexibility index (Phi) is 4.16. The monoisotopic (exact) mass is 232 g/mol. The summed E-state index contributed by atoms with van der Waals surface area (Å²) in [6.45, 7) is 7.40. The van der Waals surface area contributed by atoms with Crippen LogP contribution in [0.15, 0.2) is 12.1 Å². The van der Waals surface area contributed by atoms with Crippen LogP contribution in [0.3, 0.4) is 0 Å². The molecule has 1 atom stereocenters. The van der Waals surface area contributed by atoms with E-state index in [9.17, 15) is 0 Å². The molecule has 0 spiro atoms. The first kappa shape index (κ1) is 12.6. The number of hydrogen-bond acceptors (Lipinski definition) is 2. The van der Waals surface area contributed by atoms with Crippen molar-refractivity contribution in [1.29, 1.82) is 0 Å². The molecule has 0 amide bonds. The van der Waals surface area contributed by atoms with Crippen LogP contribution in [-0.2, 0) is 0 Å². The minimum Gasteiger partial charge on any atom is -0.310 e. The fourth-order valence-electron chi connectivity index (χ4n) is 2.71. The molecule has 1 heterocycles. The molecule has 1 aliphatic carbocycles. The fraction of sp³-hybridized carbons (Fsp3) is 0.667. The Labute approximate surface area is 105 Å². The maximum atomic E-state index is 4.46. The molecule has 1 unspecified atom stereocenters. The van der Waals surface area contributed by atoms with Crippen molar-refractivity contribution in [3.63, 3.8) is 0 Å². The predicted molar refractivity (Wildman–Crippen MR) is 72.1 cm³/mol. The Balaban J connectivity index is 2.12. The molecule has 94 valence electrons. The van der Waals surface area contributed by atoms with Gasteiger partial charge in [0.05, 0.1) is 0 Å². The molecule has 2 nitrogen and oxygen atoms in total. The number of hydrogen-bond donors (Lipinski definition) is 1. The van der Waals surface area contributed by atoms with Crippen LogP contribution in [0.2, 0.25) is 0 Å². The lowest BCUT2D eigenvalue weighted by atomic mass is 9.79. The minimum atomic E-state index is 0.519. The summed E-state index contributed by atoms with van der Waals surface area (Å²) >= 11 is 0. The zero-order valence-corrected chi connectivity index (χ0v) is 11.3. The van der Waals surface area contributed by atoms with Crippen molar-refractivity contribution >= 4 is 0 Å². The molecule has 1 aromatic heterocycles. The van der Waals surface area contributed by atoms with Crippen molar-refractivity contribution in [2.75, 3.05) is 6.54 Å². The summed E-state index contributed by atoms with van der Waals surface area (Å²) in [5.41, 5.74) is 3.69. The highest BCUT2D eigenvalue weighted by molar-refractivity contribution is 5.23. The third-order valence-corrected chi connectivity index (χ3v) is 3.75. The van der Waals surface area contributed by atoms with Crippen LogP contribution in [0.1, 0.15) is 55.6 Å². The van der Waals surface area contributed by atoms with Crippen LogP contribution >= 0.6 is 0 Å². The van der Waals surface area contributed by atoms with E-state index in [1.165, 1.54) is 31.2 Å². The number of pyridine rings is 1. The largest absolute Gasteiger partial charge is 0.310 e. The van der Waals surface area contributed by atoms with Gasteiger partial charge in [-0.2, -0.15) is 0 Å². The number of aryl methyl sites for hydroxylation is 2. The minimum absolute atomic E-state index is 0.519. The SMILES string of the molecule is CCNC(CC1CCC1)c1cc(C)nc(C)c1. The van der Waals surface area contributed by atoms with E-state index in [2.05, 4.69) is 43.2 Å². The molecule has 1 aromatic rings. The Hall–Kier alpha value is -0.890. The second-order valence-electron chi connectivity index (χ2n) is 5.33. The first-order valence-corrected chi connectivity index (χ1v) is 6.87. The van der Waals surface area contributed by atoms with Gasteiger partial charge in [0.1, 0.15) is 0 Å². The Morgan fingerprint density at radius 2 is 1.94 bits per heavy atom. The molecule has 1 N–H and O–H groups in total. The van der Waals surface area contributed by atoms with E-state index in [0.29, 0.717) is 6.04 Å². The average Bonchev–Trinajstić information content (AvgIpc) is 2.20. The van der Waals surface area contributed by atoms with Gasteiger partial charge in [-0.15, -0.1) is 0 Å². The van der Waals surface area contributed by atoms with Crippen molar-refractivity contribution in [1.82, 2.24) is 10.3 Å². The van der Waals surface area contributed by atoms with E-state index in [1.807, 2.05) is 0 Å². The second kappa shape index (κ2) is 5.63. The quantitative estimate of drug-likeness (QED) is 0.840. The van der Waals surface area contributed by atoms with E-state index in [-0.39, 0.29) is 0 Å². The molecule has 1 fully saturated rings. The van der Waals surface area contributed by atoms with Crippen LogP contribution < -0.4 is 5.32 Å². The van der Waals surface area contributed by atoms with Gasteiger partial charge in [0.2, 0.25) is 0 Å². The van der Waals surface area contributed by atoms with Gasteiger partial charge in [0.15, 0.2) is 0 Å². The standard InChI is InChI=1S/C15H24N2/c1-4-16-15(10-13-6-5-7-13)14-8-11(2)17-12(3)9-14/h8-9,13,15-16H,4-7,10H2,1-3H3. The topological polar surface area (TPSA) is 24.9 Å². The highest BCUT2D eigenvalue weighted by Gasteiger charge is 2.22. The molecule has 2 rings (SSSR count). The van der Waals surface area contributed by atoms with Gasteiger partial charge >= 0.3 is 0 Å². The van der Waals surface area contributed by atoms with Crippen LogP contribution in [0.25, 0.3) is 0 Å². The summed E-state index contributed by atoms with van der Waals surface area (Å²) in [6, 6.07) is 4.99. The smallest absolute Gasteiger partial charge is 0.0379 e. The van der Waals surface area contributed by atoms with Crippen molar-refractivity contribution in [2.45, 2.75) is 52.5 Å². The van der Waals surface area contributed by atoms with Crippen LogP contribution in [0.4, 0.5) is 0 Å². The third-order valence-electron chi connectivity index (χ3n) is 3.75. The van der Waals surface area contributed by atoms with Crippen molar-refractivity contribution < 1.29 is 0 Å². The zero-order chi connectivity index (χ0) is 12.3. The molecule has 0 bridgehead atoms. The second-order valence-corrected chi connectivity index (χ2v) is 5.33. The summed E-state index contributed by atoms with van der Waals surface area (Å²) in [6.07, 6.45) is 5.56. The van der Waals surface area contributed by atoms with Crippen LogP contribution in [-0.4, -0.2) is 11.5 Å². The van der Waals surface area contributed by atoms with Gasteiger partial charge in [0, 0.05) is 17.4 Å². The van der Waals surface area contributed by atoms with Gasteiger partial charge < -0.3 is 5.32 Å². The zero-order valence-electron chi connectivity index (χ0n) is 11.3. The van der Waals surface area contributed by atoms with Crippen molar-refractivity contribution in [2.24, 2.45) is 5.92 Å². The molecule has 17 heavy (non-hydrogen) atoms. The lowest BCUT2D eigenvalue weighted by Gasteiger charge is -2.30. The maximum absolute atomic E-state index is 4.46. The van der Waals surface area contributed by atoms with Crippen molar-refractivity contribution in [3.8, 4) is 0 Å². The van der Waals surface area contributed by atoms with Crippen molar-refractivity contribution in [3.05, 3.63) is 29.1 Å². The van der Waals surface area contributed by atoms with Crippen LogP contribution in [0, 0.1) is 19.8 Å². The molecular formula is C15H24N2. The third kappa shape index (κ3) is 3.29. The average molecular weight is 232 g/mol. The van der Waals surface area contributed by atoms with Gasteiger partial charge in [-0.05, 0) is 50.4 Å². The molecule has 1 aliphatic rings. The lowest BCUT2D eigenvalue weighted by Crippen LogP contribution is -2.26. The normalized spacial score (nSPS) is 17.8. The Morgan fingerprint density at radius 3 is 2.41 bits per heavy atom. The van der Waals surface area contributed by atoms with Gasteiger partial charge in [-0.25, -0.2) is 0 Å². The van der Waals surface area contributed by atoms with E-state index >= 15 is 0 Å². The molecule has 1 saturated carbocycles. The number of aromatic nitrogens is 1. The molecule has 0 aliphatic heterocycles. The van der Waals surface area contributed by atoms with Gasteiger partial charge in [-0.3, -0.25) is 4.98 Å². The summed E-state index contributed by atoms with van der Waals surface area (Å²) in [4.78, 5) is 4.46. The Morgan fingerprint density at radius 1 is 1.29 bits per heavy atom. The predicted octanol–water partition coefficient (Wildman–Crippen LogP) is 3.54. The molecule has 0 radical (unpaired) electrons. The molecule has 0 aromatic carbocycles. The fourth-order valence-corrected chi connectivity index (χ4v) is 2.71. The lowest BCUT2D eigenvalue weighted by molar-refractivity contribution is 0.262. The number of nitrogens with zero attached hydrogens (tertiary/aromatic N) is 1. The number of nitrogens with one attached hydrogen (secondary N) is 1. The Bertz CT molecular complexity index is 349. The summed E-state index contributed by atoms with van der Waals surface area (Å²) in [5, 5.41) is 3.62. The molecule has 2 heteroatoms. The summed E-state index contributed by atoms with van der Waals surface area (Å²) < 4.78 is 0. The van der Waals surface area contributed by atoms with E-state index < -0.39 is 0 Å².